The molecule has 0 fully saturated rings. The summed E-state index contributed by atoms with van der Waals surface area (Å²) in [6.07, 6.45) is 3.14. The topological polar surface area (TPSA) is 50.2 Å². The second-order valence-corrected chi connectivity index (χ2v) is 6.26. The third kappa shape index (κ3) is 3.41. The zero-order valence-electron chi connectivity index (χ0n) is 13.4. The fraction of sp³-hybridized carbons (Fsp3) is 0.200. The molecule has 3 aromatic rings. The highest BCUT2D eigenvalue weighted by atomic mass is 35.5. The average Bonchev–Trinajstić information content (AvgIpc) is 2.58. The number of rotatable bonds is 5. The number of nitrogens with zero attached hydrogens (tertiary/aromatic N) is 1. The smallest absolute Gasteiger partial charge is 0.336 e. The van der Waals surface area contributed by atoms with Gasteiger partial charge in [0.25, 0.3) is 0 Å². The Morgan fingerprint density at radius 3 is 2.71 bits per heavy atom. The van der Waals surface area contributed by atoms with E-state index in [1.807, 2.05) is 30.3 Å². The number of carboxylic acids is 1. The largest absolute Gasteiger partial charge is 0.478 e. The third-order valence-corrected chi connectivity index (χ3v) is 4.28. The Hall–Kier alpha value is -2.39. The van der Waals surface area contributed by atoms with Crippen molar-refractivity contribution in [3.8, 4) is 11.3 Å². The van der Waals surface area contributed by atoms with E-state index in [0.29, 0.717) is 21.6 Å². The summed E-state index contributed by atoms with van der Waals surface area (Å²) in [5, 5.41) is 10.9. The van der Waals surface area contributed by atoms with Crippen LogP contribution < -0.4 is 0 Å². The van der Waals surface area contributed by atoms with E-state index < -0.39 is 5.97 Å². The summed E-state index contributed by atoms with van der Waals surface area (Å²) >= 11 is 6.04. The molecule has 3 rings (SSSR count). The van der Waals surface area contributed by atoms with Crippen LogP contribution >= 0.6 is 11.6 Å². The normalized spacial score (nSPS) is 10.9. The lowest BCUT2D eigenvalue weighted by molar-refractivity contribution is 0.0699. The number of hydrogen-bond acceptors (Lipinski definition) is 2. The predicted molar refractivity (Wildman–Crippen MR) is 97.8 cm³/mol. The van der Waals surface area contributed by atoms with Gasteiger partial charge in [-0.2, -0.15) is 0 Å². The Balaban J connectivity index is 2.16. The Labute approximate surface area is 145 Å². The Kier molecular flexibility index (Phi) is 4.81. The first-order valence-electron chi connectivity index (χ1n) is 8.01. The predicted octanol–water partition coefficient (Wildman–Crippen LogP) is 5.60. The number of carboxylic acid groups (broad SMARTS) is 1. The van der Waals surface area contributed by atoms with E-state index in [1.54, 1.807) is 18.2 Å². The van der Waals surface area contributed by atoms with Crippen molar-refractivity contribution in [1.82, 2.24) is 4.98 Å². The highest BCUT2D eigenvalue weighted by Crippen LogP contribution is 2.27. The van der Waals surface area contributed by atoms with E-state index in [0.717, 1.165) is 30.4 Å². The van der Waals surface area contributed by atoms with Crippen LogP contribution in [0.15, 0.2) is 48.5 Å². The molecule has 0 saturated carbocycles. The first-order valence-corrected chi connectivity index (χ1v) is 8.39. The summed E-state index contributed by atoms with van der Waals surface area (Å²) < 4.78 is 0. The van der Waals surface area contributed by atoms with Gasteiger partial charge < -0.3 is 5.11 Å². The van der Waals surface area contributed by atoms with Crippen LogP contribution in [0.1, 0.15) is 35.7 Å². The first-order chi connectivity index (χ1) is 11.6. The Morgan fingerprint density at radius 1 is 1.17 bits per heavy atom. The SMILES string of the molecule is CCCCc1ccc2nc(-c3cccc(Cl)c3)cc(C(=O)O)c2c1. The van der Waals surface area contributed by atoms with Gasteiger partial charge in [-0.25, -0.2) is 9.78 Å². The monoisotopic (exact) mass is 339 g/mol. The van der Waals surface area contributed by atoms with Crippen LogP contribution in [-0.2, 0) is 6.42 Å². The minimum absolute atomic E-state index is 0.272. The number of hydrogen-bond donors (Lipinski definition) is 1. The van der Waals surface area contributed by atoms with Gasteiger partial charge in [0.15, 0.2) is 0 Å². The zero-order chi connectivity index (χ0) is 17.1. The van der Waals surface area contributed by atoms with Crippen LogP contribution in [0.25, 0.3) is 22.2 Å². The maximum atomic E-state index is 11.7. The van der Waals surface area contributed by atoms with E-state index in [9.17, 15) is 9.90 Å². The third-order valence-electron chi connectivity index (χ3n) is 4.04. The quantitative estimate of drug-likeness (QED) is 0.658. The van der Waals surface area contributed by atoms with E-state index in [4.69, 9.17) is 11.6 Å². The molecule has 0 aliphatic carbocycles. The van der Waals surface area contributed by atoms with Crippen LogP contribution in [0.4, 0.5) is 0 Å². The molecule has 0 radical (unpaired) electrons. The van der Waals surface area contributed by atoms with Gasteiger partial charge in [-0.05, 0) is 48.7 Å². The first kappa shape index (κ1) is 16.5. The van der Waals surface area contributed by atoms with Crippen molar-refractivity contribution in [1.29, 1.82) is 0 Å². The summed E-state index contributed by atoms with van der Waals surface area (Å²) in [5.74, 6) is -0.946. The maximum absolute atomic E-state index is 11.7. The molecule has 4 heteroatoms. The minimum Gasteiger partial charge on any atom is -0.478 e. The molecule has 0 unspecified atom stereocenters. The van der Waals surface area contributed by atoms with Gasteiger partial charge in [-0.15, -0.1) is 0 Å². The second kappa shape index (κ2) is 7.02. The molecule has 24 heavy (non-hydrogen) atoms. The summed E-state index contributed by atoms with van der Waals surface area (Å²) in [7, 11) is 0. The molecule has 1 heterocycles. The van der Waals surface area contributed by atoms with Gasteiger partial charge in [0.2, 0.25) is 0 Å². The molecule has 0 atom stereocenters. The van der Waals surface area contributed by atoms with Gasteiger partial charge >= 0.3 is 5.97 Å². The lowest BCUT2D eigenvalue weighted by Crippen LogP contribution is -2.01. The van der Waals surface area contributed by atoms with Gasteiger partial charge in [0, 0.05) is 16.0 Å². The van der Waals surface area contributed by atoms with Crippen molar-refractivity contribution < 1.29 is 9.90 Å². The lowest BCUT2D eigenvalue weighted by atomic mass is 10.0. The molecule has 2 aromatic carbocycles. The molecule has 0 amide bonds. The molecule has 0 bridgehead atoms. The van der Waals surface area contributed by atoms with Gasteiger partial charge in [0.1, 0.15) is 0 Å². The van der Waals surface area contributed by atoms with Crippen molar-refractivity contribution in [2.75, 3.05) is 0 Å². The zero-order valence-corrected chi connectivity index (χ0v) is 14.2. The number of aromatic carboxylic acids is 1. The van der Waals surface area contributed by atoms with Crippen molar-refractivity contribution in [2.45, 2.75) is 26.2 Å². The molecular weight excluding hydrogens is 322 g/mol. The van der Waals surface area contributed by atoms with Crippen molar-refractivity contribution >= 4 is 28.5 Å². The number of fused-ring (bicyclic) bond motifs is 1. The summed E-state index contributed by atoms with van der Waals surface area (Å²) in [5.41, 5.74) is 3.52. The average molecular weight is 340 g/mol. The summed E-state index contributed by atoms with van der Waals surface area (Å²) in [4.78, 5) is 16.4. The highest BCUT2D eigenvalue weighted by molar-refractivity contribution is 6.30. The maximum Gasteiger partial charge on any atom is 0.336 e. The van der Waals surface area contributed by atoms with Crippen LogP contribution in [0, 0.1) is 0 Å². The van der Waals surface area contributed by atoms with Gasteiger partial charge in [0.05, 0.1) is 16.8 Å². The van der Waals surface area contributed by atoms with E-state index in [1.165, 1.54) is 0 Å². The van der Waals surface area contributed by atoms with Gasteiger partial charge in [-0.3, -0.25) is 0 Å². The van der Waals surface area contributed by atoms with Crippen LogP contribution in [-0.4, -0.2) is 16.1 Å². The standard InChI is InChI=1S/C20H18ClNO2/c1-2-3-5-13-8-9-18-16(10-13)17(20(23)24)12-19(22-18)14-6-4-7-15(21)11-14/h4,6-12H,2-3,5H2,1H3,(H,23,24). The fourth-order valence-electron chi connectivity index (χ4n) is 2.78. The molecular formula is C20H18ClNO2. The summed E-state index contributed by atoms with van der Waals surface area (Å²) in [6, 6.07) is 14.8. The lowest BCUT2D eigenvalue weighted by Gasteiger charge is -2.09. The van der Waals surface area contributed by atoms with Crippen molar-refractivity contribution in [2.24, 2.45) is 0 Å². The van der Waals surface area contributed by atoms with E-state index in [-0.39, 0.29) is 5.56 Å². The van der Waals surface area contributed by atoms with Crippen molar-refractivity contribution in [3.63, 3.8) is 0 Å². The Morgan fingerprint density at radius 2 is 2.00 bits per heavy atom. The molecule has 0 aliphatic heterocycles. The molecule has 1 aromatic heterocycles. The highest BCUT2D eigenvalue weighted by Gasteiger charge is 2.13. The number of carbonyl (C=O) groups is 1. The van der Waals surface area contributed by atoms with Gasteiger partial charge in [-0.1, -0.05) is 43.1 Å². The molecule has 122 valence electrons. The van der Waals surface area contributed by atoms with Crippen LogP contribution in [0.5, 0.6) is 0 Å². The number of benzene rings is 2. The van der Waals surface area contributed by atoms with E-state index >= 15 is 0 Å². The fourth-order valence-corrected chi connectivity index (χ4v) is 2.97. The van der Waals surface area contributed by atoms with Crippen LogP contribution in [0.3, 0.4) is 0 Å². The Bertz CT molecular complexity index is 905. The molecule has 0 spiro atoms. The minimum atomic E-state index is -0.946. The number of unbranched alkanes of at least 4 members (excludes halogenated alkanes) is 1. The number of halogens is 1. The number of pyridine rings is 1. The molecule has 1 N–H and O–H groups in total. The van der Waals surface area contributed by atoms with Crippen molar-refractivity contribution in [3.05, 3.63) is 64.7 Å². The summed E-state index contributed by atoms with van der Waals surface area (Å²) in [6.45, 7) is 2.14. The molecule has 0 aliphatic rings. The molecule has 0 saturated heterocycles. The van der Waals surface area contributed by atoms with E-state index in [2.05, 4.69) is 11.9 Å². The number of aryl methyl sites for hydroxylation is 1. The molecule has 3 nitrogen and oxygen atoms in total. The van der Waals surface area contributed by atoms with Crippen LogP contribution in [0.2, 0.25) is 5.02 Å². The second-order valence-electron chi connectivity index (χ2n) is 5.83. The number of aromatic nitrogens is 1.